The second-order valence-electron chi connectivity index (χ2n) is 5.60. The molecule has 5 heteroatoms. The zero-order valence-corrected chi connectivity index (χ0v) is 14.7. The fourth-order valence-electron chi connectivity index (χ4n) is 2.80. The lowest BCUT2D eigenvalue weighted by molar-refractivity contribution is -0.142. The van der Waals surface area contributed by atoms with E-state index in [0.29, 0.717) is 6.54 Å². The summed E-state index contributed by atoms with van der Waals surface area (Å²) >= 11 is 2.33. The Bertz CT molecular complexity index is 660. The van der Waals surface area contributed by atoms with E-state index in [2.05, 4.69) is 27.5 Å². The Hall–Kier alpha value is -1.60. The van der Waals surface area contributed by atoms with Gasteiger partial charge in [0.15, 0.2) is 0 Å². The van der Waals surface area contributed by atoms with Gasteiger partial charge < -0.3 is 9.84 Å². The molecule has 2 atom stereocenters. The summed E-state index contributed by atoms with van der Waals surface area (Å²) in [6.07, 6.45) is 1.64. The number of para-hydroxylation sites is 1. The quantitative estimate of drug-likeness (QED) is 0.443. The van der Waals surface area contributed by atoms with Crippen molar-refractivity contribution in [3.05, 3.63) is 60.2 Å². The number of likely N-dealkylation sites (tertiary alicyclic amines) is 1. The highest BCUT2D eigenvalue weighted by Gasteiger charge is 2.36. The number of alkyl halides is 1. The largest absolute Gasteiger partial charge is 0.480 e. The molecule has 0 aliphatic carbocycles. The van der Waals surface area contributed by atoms with Crippen molar-refractivity contribution in [2.24, 2.45) is 0 Å². The molecule has 1 fully saturated rings. The molecule has 1 heterocycles. The fraction of sp³-hybridized carbons (Fsp3) is 0.278. The zero-order chi connectivity index (χ0) is 16.2. The van der Waals surface area contributed by atoms with Crippen LogP contribution in [0, 0.1) is 0 Å². The van der Waals surface area contributed by atoms with Crippen molar-refractivity contribution in [3.63, 3.8) is 0 Å². The molecule has 0 amide bonds. The first-order chi connectivity index (χ1) is 11.1. The molecule has 1 N–H and O–H groups in total. The van der Waals surface area contributed by atoms with Crippen molar-refractivity contribution in [1.82, 2.24) is 4.90 Å². The molecule has 1 aliphatic rings. The van der Waals surface area contributed by atoms with Crippen LogP contribution in [0.25, 0.3) is 0 Å². The molecule has 1 saturated heterocycles. The monoisotopic (exact) mass is 423 g/mol. The number of carboxylic acid groups (broad SMARTS) is 1. The van der Waals surface area contributed by atoms with Crippen LogP contribution in [0.4, 0.5) is 0 Å². The summed E-state index contributed by atoms with van der Waals surface area (Å²) in [5.41, 5.74) is 1.10. The summed E-state index contributed by atoms with van der Waals surface area (Å²) in [5, 5.41) is 9.32. The molecule has 0 radical (unpaired) electrons. The van der Waals surface area contributed by atoms with Gasteiger partial charge in [0.25, 0.3) is 0 Å². The standard InChI is InChI=1S/C18H18INO3/c19-17-11-10-16(18(21)22)20(17)12-13-6-8-15(9-7-13)23-14-4-2-1-3-5-14/h1-9,16-17H,10-12H2,(H,21,22)/t16-,17?/m0/s1. The molecule has 0 bridgehead atoms. The lowest BCUT2D eigenvalue weighted by Crippen LogP contribution is -2.37. The molecule has 2 aromatic carbocycles. The van der Waals surface area contributed by atoms with E-state index in [-0.39, 0.29) is 10.1 Å². The number of aliphatic carboxylic acids is 1. The third-order valence-corrected chi connectivity index (χ3v) is 5.33. The minimum Gasteiger partial charge on any atom is -0.480 e. The Morgan fingerprint density at radius 3 is 2.39 bits per heavy atom. The van der Waals surface area contributed by atoms with E-state index in [0.717, 1.165) is 29.9 Å². The summed E-state index contributed by atoms with van der Waals surface area (Å²) < 4.78 is 6.05. The molecular formula is C18H18INO3. The van der Waals surface area contributed by atoms with Crippen LogP contribution in [0.2, 0.25) is 0 Å². The van der Waals surface area contributed by atoms with Gasteiger partial charge in [-0.3, -0.25) is 9.69 Å². The van der Waals surface area contributed by atoms with Crippen molar-refractivity contribution < 1.29 is 14.6 Å². The maximum Gasteiger partial charge on any atom is 0.320 e. The van der Waals surface area contributed by atoms with Crippen LogP contribution in [0.5, 0.6) is 11.5 Å². The van der Waals surface area contributed by atoms with E-state index >= 15 is 0 Å². The third kappa shape index (κ3) is 4.03. The first-order valence-electron chi connectivity index (χ1n) is 7.58. The summed E-state index contributed by atoms with van der Waals surface area (Å²) in [7, 11) is 0. The molecule has 1 aliphatic heterocycles. The lowest BCUT2D eigenvalue weighted by Gasteiger charge is -2.24. The number of ether oxygens (including phenoxy) is 1. The van der Waals surface area contributed by atoms with Gasteiger partial charge >= 0.3 is 5.97 Å². The second-order valence-corrected chi connectivity index (χ2v) is 7.04. The summed E-state index contributed by atoms with van der Waals surface area (Å²) in [6, 6.07) is 17.1. The number of nitrogens with zero attached hydrogens (tertiary/aromatic N) is 1. The molecule has 120 valence electrons. The van der Waals surface area contributed by atoms with Gasteiger partial charge in [0, 0.05) is 6.54 Å². The Morgan fingerprint density at radius 1 is 1.09 bits per heavy atom. The molecule has 4 nitrogen and oxygen atoms in total. The van der Waals surface area contributed by atoms with Gasteiger partial charge in [-0.25, -0.2) is 0 Å². The normalized spacial score (nSPS) is 21.3. The first kappa shape index (κ1) is 16.3. The Balaban J connectivity index is 1.66. The second kappa shape index (κ2) is 7.31. The van der Waals surface area contributed by atoms with Gasteiger partial charge in [-0.2, -0.15) is 0 Å². The van der Waals surface area contributed by atoms with E-state index in [4.69, 9.17) is 4.74 Å². The average molecular weight is 423 g/mol. The number of hydrogen-bond acceptors (Lipinski definition) is 3. The number of halogens is 1. The molecule has 1 unspecified atom stereocenters. The predicted octanol–water partition coefficient (Wildman–Crippen LogP) is 4.29. The van der Waals surface area contributed by atoms with E-state index in [1.807, 2.05) is 54.6 Å². The summed E-state index contributed by atoms with van der Waals surface area (Å²) in [6.45, 7) is 0.649. The van der Waals surface area contributed by atoms with Crippen molar-refractivity contribution in [3.8, 4) is 11.5 Å². The smallest absolute Gasteiger partial charge is 0.320 e. The molecule has 3 rings (SSSR count). The molecule has 0 aromatic heterocycles. The average Bonchev–Trinajstić information content (AvgIpc) is 2.91. The summed E-state index contributed by atoms with van der Waals surface area (Å²) in [5.74, 6) is 0.855. The topological polar surface area (TPSA) is 49.8 Å². The Labute approximate surface area is 149 Å². The molecule has 23 heavy (non-hydrogen) atoms. The number of carbonyl (C=O) groups is 1. The van der Waals surface area contributed by atoms with Gasteiger partial charge in [-0.05, 0) is 42.7 Å². The predicted molar refractivity (Wildman–Crippen MR) is 97.0 cm³/mol. The minimum absolute atomic E-state index is 0.272. The zero-order valence-electron chi connectivity index (χ0n) is 12.6. The van der Waals surface area contributed by atoms with Crippen molar-refractivity contribution in [2.45, 2.75) is 29.5 Å². The number of benzene rings is 2. The lowest BCUT2D eigenvalue weighted by atomic mass is 10.2. The van der Waals surface area contributed by atoms with Crippen molar-refractivity contribution >= 4 is 28.6 Å². The van der Waals surface area contributed by atoms with E-state index in [9.17, 15) is 9.90 Å². The Morgan fingerprint density at radius 2 is 1.74 bits per heavy atom. The molecule has 0 saturated carbocycles. The molecule has 2 aromatic rings. The van der Waals surface area contributed by atoms with Gasteiger partial charge in [-0.1, -0.05) is 52.9 Å². The van der Waals surface area contributed by atoms with Gasteiger partial charge in [0.2, 0.25) is 0 Å². The molecule has 0 spiro atoms. The van der Waals surface area contributed by atoms with Crippen LogP contribution in [0.3, 0.4) is 0 Å². The minimum atomic E-state index is -0.729. The van der Waals surface area contributed by atoms with E-state index in [1.54, 1.807) is 0 Å². The summed E-state index contributed by atoms with van der Waals surface area (Å²) in [4.78, 5) is 13.4. The van der Waals surface area contributed by atoms with Crippen molar-refractivity contribution in [2.75, 3.05) is 0 Å². The number of rotatable bonds is 5. The number of hydrogen-bond donors (Lipinski definition) is 1. The Kier molecular flexibility index (Phi) is 5.17. The van der Waals surface area contributed by atoms with Gasteiger partial charge in [-0.15, -0.1) is 0 Å². The van der Waals surface area contributed by atoms with E-state index < -0.39 is 5.97 Å². The van der Waals surface area contributed by atoms with Crippen LogP contribution in [-0.4, -0.2) is 26.1 Å². The molecular weight excluding hydrogens is 405 g/mol. The third-order valence-electron chi connectivity index (χ3n) is 3.99. The van der Waals surface area contributed by atoms with Crippen LogP contribution < -0.4 is 4.74 Å². The SMILES string of the molecule is O=C(O)[C@@H]1CCC(I)N1Cc1ccc(Oc2ccccc2)cc1. The highest BCUT2D eigenvalue weighted by Crippen LogP contribution is 2.31. The van der Waals surface area contributed by atoms with Crippen molar-refractivity contribution in [1.29, 1.82) is 0 Å². The highest BCUT2D eigenvalue weighted by molar-refractivity contribution is 14.1. The van der Waals surface area contributed by atoms with E-state index in [1.165, 1.54) is 0 Å². The maximum atomic E-state index is 11.3. The van der Waals surface area contributed by atoms with Crippen LogP contribution in [0.15, 0.2) is 54.6 Å². The van der Waals surface area contributed by atoms with Crippen LogP contribution >= 0.6 is 22.6 Å². The van der Waals surface area contributed by atoms with Crippen LogP contribution in [-0.2, 0) is 11.3 Å². The highest BCUT2D eigenvalue weighted by atomic mass is 127. The van der Waals surface area contributed by atoms with Gasteiger partial charge in [0.05, 0.1) is 4.05 Å². The van der Waals surface area contributed by atoms with Gasteiger partial charge in [0.1, 0.15) is 17.5 Å². The fourth-order valence-corrected chi connectivity index (χ4v) is 3.74. The number of carboxylic acids is 1. The van der Waals surface area contributed by atoms with Crippen LogP contribution in [0.1, 0.15) is 18.4 Å². The first-order valence-corrected chi connectivity index (χ1v) is 8.82. The maximum absolute atomic E-state index is 11.3.